The molecule has 0 spiro atoms. The molecule has 22 heavy (non-hydrogen) atoms. The zero-order chi connectivity index (χ0) is 16.3. The summed E-state index contributed by atoms with van der Waals surface area (Å²) in [5, 5.41) is 2.62. The summed E-state index contributed by atoms with van der Waals surface area (Å²) in [6, 6.07) is 7.27. The van der Waals surface area contributed by atoms with Crippen LogP contribution in [0.1, 0.15) is 31.1 Å². The smallest absolute Gasteiger partial charge is 0.411 e. The van der Waals surface area contributed by atoms with Crippen LogP contribution < -0.4 is 5.32 Å². The lowest BCUT2D eigenvalue weighted by Crippen LogP contribution is -2.61. The molecular weight excluding hydrogens is 284 g/mol. The molecule has 6 heteroatoms. The highest BCUT2D eigenvalue weighted by atomic mass is 16.6. The second-order valence-electron chi connectivity index (χ2n) is 6.10. The first-order chi connectivity index (χ1) is 10.3. The normalized spacial score (nSPS) is 18.6. The molecule has 1 unspecified atom stereocenters. The molecule has 0 aromatic heterocycles. The van der Waals surface area contributed by atoms with Crippen LogP contribution in [0, 0.1) is 0 Å². The molecule has 1 atom stereocenters. The molecule has 0 saturated carbocycles. The van der Waals surface area contributed by atoms with Gasteiger partial charge in [0, 0.05) is 18.7 Å². The topological polar surface area (TPSA) is 75.7 Å². The van der Waals surface area contributed by atoms with E-state index in [4.69, 9.17) is 4.74 Å². The van der Waals surface area contributed by atoms with E-state index in [2.05, 4.69) is 5.32 Å². The average Bonchev–Trinajstić information content (AvgIpc) is 2.45. The van der Waals surface area contributed by atoms with Crippen molar-refractivity contribution < 1.29 is 19.1 Å². The number of amides is 2. The van der Waals surface area contributed by atoms with E-state index < -0.39 is 29.4 Å². The highest BCUT2D eigenvalue weighted by molar-refractivity contribution is 6.15. The van der Waals surface area contributed by atoms with Crippen LogP contribution in [-0.2, 0) is 9.53 Å². The third-order valence-electron chi connectivity index (χ3n) is 3.15. The van der Waals surface area contributed by atoms with Crippen molar-refractivity contribution in [3.63, 3.8) is 0 Å². The molecule has 2 amide bonds. The van der Waals surface area contributed by atoms with Gasteiger partial charge in [-0.2, -0.15) is 0 Å². The number of nitrogens with zero attached hydrogens (tertiary/aromatic N) is 1. The summed E-state index contributed by atoms with van der Waals surface area (Å²) >= 11 is 0. The van der Waals surface area contributed by atoms with E-state index in [-0.39, 0.29) is 6.54 Å². The Morgan fingerprint density at radius 1 is 1.23 bits per heavy atom. The van der Waals surface area contributed by atoms with Gasteiger partial charge in [0.05, 0.1) is 0 Å². The van der Waals surface area contributed by atoms with Gasteiger partial charge in [0.15, 0.2) is 11.8 Å². The van der Waals surface area contributed by atoms with E-state index >= 15 is 0 Å². The highest BCUT2D eigenvalue weighted by Crippen LogP contribution is 2.17. The molecule has 1 saturated heterocycles. The van der Waals surface area contributed by atoms with Gasteiger partial charge < -0.3 is 10.1 Å². The molecule has 2 rings (SSSR count). The third-order valence-corrected chi connectivity index (χ3v) is 3.15. The van der Waals surface area contributed by atoms with Crippen molar-refractivity contribution in [3.05, 3.63) is 35.9 Å². The van der Waals surface area contributed by atoms with Gasteiger partial charge in [-0.05, 0) is 20.8 Å². The predicted octanol–water partition coefficient (Wildman–Crippen LogP) is 1.60. The Morgan fingerprint density at radius 2 is 1.86 bits per heavy atom. The van der Waals surface area contributed by atoms with Crippen molar-refractivity contribution in [3.8, 4) is 0 Å². The molecule has 1 aromatic carbocycles. The minimum absolute atomic E-state index is 0.240. The first kappa shape index (κ1) is 16.0. The first-order valence-electron chi connectivity index (χ1n) is 7.16. The Labute approximate surface area is 129 Å². The molecule has 1 aliphatic heterocycles. The Hall–Kier alpha value is -2.37. The summed E-state index contributed by atoms with van der Waals surface area (Å²) in [6.45, 7) is 5.76. The van der Waals surface area contributed by atoms with E-state index in [1.165, 1.54) is 4.90 Å². The molecule has 1 N–H and O–H groups in total. The molecule has 6 nitrogen and oxygen atoms in total. The Morgan fingerprint density at radius 3 is 2.45 bits per heavy atom. The fourth-order valence-electron chi connectivity index (χ4n) is 2.21. The van der Waals surface area contributed by atoms with Crippen LogP contribution in [0.15, 0.2) is 30.3 Å². The molecule has 1 fully saturated rings. The van der Waals surface area contributed by atoms with Crippen molar-refractivity contribution >= 4 is 17.8 Å². The number of carbonyl (C=O) groups is 3. The van der Waals surface area contributed by atoms with Gasteiger partial charge in [-0.15, -0.1) is 0 Å². The Balaban J connectivity index is 2.26. The number of ketones is 1. The molecule has 1 heterocycles. The number of benzene rings is 1. The number of nitrogens with one attached hydrogen (secondary N) is 1. The minimum atomic E-state index is -1.19. The van der Waals surface area contributed by atoms with Gasteiger partial charge in [-0.1, -0.05) is 30.3 Å². The van der Waals surface area contributed by atoms with Crippen molar-refractivity contribution in [1.29, 1.82) is 0 Å². The van der Waals surface area contributed by atoms with E-state index in [1.54, 1.807) is 51.1 Å². The monoisotopic (exact) mass is 304 g/mol. The largest absolute Gasteiger partial charge is 0.444 e. The van der Waals surface area contributed by atoms with Gasteiger partial charge in [0.2, 0.25) is 0 Å². The molecular formula is C16H20N2O4. The lowest BCUT2D eigenvalue weighted by molar-refractivity contribution is -0.127. The average molecular weight is 304 g/mol. The van der Waals surface area contributed by atoms with Crippen LogP contribution in [-0.4, -0.2) is 47.4 Å². The zero-order valence-corrected chi connectivity index (χ0v) is 13.0. The quantitative estimate of drug-likeness (QED) is 0.665. The van der Waals surface area contributed by atoms with E-state index in [0.717, 1.165) is 0 Å². The third kappa shape index (κ3) is 3.63. The van der Waals surface area contributed by atoms with E-state index in [9.17, 15) is 14.4 Å². The van der Waals surface area contributed by atoms with Crippen LogP contribution in [0.4, 0.5) is 4.79 Å². The summed E-state index contributed by atoms with van der Waals surface area (Å²) in [5.41, 5.74) is -0.302. The maximum absolute atomic E-state index is 12.6. The van der Waals surface area contributed by atoms with Crippen LogP contribution >= 0.6 is 0 Å². The zero-order valence-electron chi connectivity index (χ0n) is 13.0. The van der Waals surface area contributed by atoms with Gasteiger partial charge in [-0.3, -0.25) is 14.5 Å². The van der Waals surface area contributed by atoms with Crippen molar-refractivity contribution in [2.45, 2.75) is 32.4 Å². The van der Waals surface area contributed by atoms with Crippen molar-refractivity contribution in [1.82, 2.24) is 10.2 Å². The Bertz CT molecular complexity index is 578. The molecule has 1 aliphatic rings. The summed E-state index contributed by atoms with van der Waals surface area (Å²) in [4.78, 5) is 38.2. The highest BCUT2D eigenvalue weighted by Gasteiger charge is 2.40. The van der Waals surface area contributed by atoms with Crippen molar-refractivity contribution in [2.75, 3.05) is 13.1 Å². The lowest BCUT2D eigenvalue weighted by atomic mass is 10.0. The van der Waals surface area contributed by atoms with E-state index in [1.807, 2.05) is 0 Å². The summed E-state index contributed by atoms with van der Waals surface area (Å²) < 4.78 is 5.30. The molecule has 0 bridgehead atoms. The maximum Gasteiger partial charge on any atom is 0.411 e. The Kier molecular flexibility index (Phi) is 4.49. The fourth-order valence-corrected chi connectivity index (χ4v) is 2.21. The molecule has 118 valence electrons. The number of Topliss-reactive ketones (excluding diaryl/α,β-unsaturated/α-hetero) is 1. The van der Waals surface area contributed by atoms with Crippen LogP contribution in [0.25, 0.3) is 0 Å². The number of hydrogen-bond acceptors (Lipinski definition) is 4. The van der Waals surface area contributed by atoms with Crippen molar-refractivity contribution in [2.24, 2.45) is 0 Å². The first-order valence-corrected chi connectivity index (χ1v) is 7.16. The lowest BCUT2D eigenvalue weighted by Gasteiger charge is -2.35. The number of ether oxygens (including phenoxy) is 1. The number of rotatable bonds is 2. The number of hydrogen-bond donors (Lipinski definition) is 1. The number of piperazine rings is 1. The second-order valence-corrected chi connectivity index (χ2v) is 6.10. The van der Waals surface area contributed by atoms with Crippen LogP contribution in [0.2, 0.25) is 0 Å². The van der Waals surface area contributed by atoms with Gasteiger partial charge in [-0.25, -0.2) is 4.79 Å². The van der Waals surface area contributed by atoms with Gasteiger partial charge in [0.25, 0.3) is 5.91 Å². The summed E-state index contributed by atoms with van der Waals surface area (Å²) in [5.74, 6) is -0.894. The molecule has 0 radical (unpaired) electrons. The van der Waals surface area contributed by atoms with Crippen LogP contribution in [0.5, 0.6) is 0 Å². The summed E-state index contributed by atoms with van der Waals surface area (Å²) in [7, 11) is 0. The number of carbonyl (C=O) groups excluding carboxylic acids is 3. The standard InChI is InChI=1S/C16H20N2O4/c1-16(2,3)22-15(21)18-10-9-17-14(20)12(18)13(19)11-7-5-4-6-8-11/h4-8,12H,9-10H2,1-3H3,(H,17,20). The summed E-state index contributed by atoms with van der Waals surface area (Å²) in [6.07, 6.45) is -0.656. The second kappa shape index (κ2) is 6.17. The maximum atomic E-state index is 12.6. The van der Waals surface area contributed by atoms with Crippen LogP contribution in [0.3, 0.4) is 0 Å². The fraction of sp³-hybridized carbons (Fsp3) is 0.438. The SMILES string of the molecule is CC(C)(C)OC(=O)N1CCNC(=O)C1C(=O)c1ccccc1. The molecule has 0 aliphatic carbocycles. The van der Waals surface area contributed by atoms with E-state index in [0.29, 0.717) is 12.1 Å². The van der Waals surface area contributed by atoms with Gasteiger partial charge >= 0.3 is 6.09 Å². The predicted molar refractivity (Wildman–Crippen MR) is 80.5 cm³/mol. The molecule has 1 aromatic rings. The van der Waals surface area contributed by atoms with Gasteiger partial charge in [0.1, 0.15) is 5.60 Å². The minimum Gasteiger partial charge on any atom is -0.444 e.